The first-order valence-electron chi connectivity index (χ1n) is 8.24. The van der Waals surface area contributed by atoms with E-state index in [0.717, 1.165) is 11.3 Å². The number of ether oxygens (including phenoxy) is 1. The molecule has 0 atom stereocenters. The van der Waals surface area contributed by atoms with Gasteiger partial charge in [0.2, 0.25) is 11.7 Å². The fourth-order valence-electron chi connectivity index (χ4n) is 2.52. The van der Waals surface area contributed by atoms with Crippen LogP contribution in [-0.2, 0) is 6.54 Å². The molecule has 3 rings (SSSR count). The van der Waals surface area contributed by atoms with E-state index in [9.17, 15) is 9.18 Å². The maximum atomic E-state index is 13.9. The van der Waals surface area contributed by atoms with Crippen molar-refractivity contribution < 1.29 is 18.4 Å². The first kappa shape index (κ1) is 18.3. The van der Waals surface area contributed by atoms with E-state index in [4.69, 9.17) is 9.26 Å². The van der Waals surface area contributed by atoms with Gasteiger partial charge in [-0.05, 0) is 36.4 Å². The zero-order chi connectivity index (χ0) is 19.2. The molecule has 0 bridgehead atoms. The number of hydrogen-bond donors (Lipinski definition) is 0. The monoisotopic (exact) mass is 367 g/mol. The number of benzene rings is 2. The summed E-state index contributed by atoms with van der Waals surface area (Å²) >= 11 is 0. The van der Waals surface area contributed by atoms with Gasteiger partial charge >= 0.3 is 0 Å². The Balaban J connectivity index is 1.79. The van der Waals surface area contributed by atoms with E-state index >= 15 is 0 Å². The Morgan fingerprint density at radius 2 is 2.00 bits per heavy atom. The van der Waals surface area contributed by atoms with Gasteiger partial charge in [-0.2, -0.15) is 4.98 Å². The van der Waals surface area contributed by atoms with Gasteiger partial charge < -0.3 is 14.2 Å². The van der Waals surface area contributed by atoms with Crippen LogP contribution in [0, 0.1) is 5.82 Å². The number of methoxy groups -OCH3 is 1. The number of nitrogens with zero attached hydrogens (tertiary/aromatic N) is 3. The van der Waals surface area contributed by atoms with Gasteiger partial charge in [0.1, 0.15) is 18.1 Å². The van der Waals surface area contributed by atoms with Crippen LogP contribution in [0.1, 0.15) is 16.2 Å². The lowest BCUT2D eigenvalue weighted by molar-refractivity contribution is 0.0740. The van der Waals surface area contributed by atoms with Crippen LogP contribution >= 0.6 is 0 Å². The molecular weight excluding hydrogens is 349 g/mol. The van der Waals surface area contributed by atoms with E-state index in [1.165, 1.54) is 23.1 Å². The summed E-state index contributed by atoms with van der Waals surface area (Å²) in [6.45, 7) is 3.90. The molecule has 0 spiro atoms. The summed E-state index contributed by atoms with van der Waals surface area (Å²) < 4.78 is 24.3. The molecule has 138 valence electrons. The van der Waals surface area contributed by atoms with Gasteiger partial charge in [0.15, 0.2) is 0 Å². The Morgan fingerprint density at radius 1 is 1.26 bits per heavy atom. The lowest BCUT2D eigenvalue weighted by Gasteiger charge is -2.19. The fourth-order valence-corrected chi connectivity index (χ4v) is 2.52. The number of rotatable bonds is 7. The highest BCUT2D eigenvalue weighted by Crippen LogP contribution is 2.20. The summed E-state index contributed by atoms with van der Waals surface area (Å²) in [6.07, 6.45) is 1.56. The number of carbonyl (C=O) groups excluding carboxylic acids is 1. The predicted molar refractivity (Wildman–Crippen MR) is 97.6 cm³/mol. The Labute approximate surface area is 155 Å². The first-order valence-corrected chi connectivity index (χ1v) is 8.24. The fraction of sp³-hybridized carbons (Fsp3) is 0.150. The molecule has 0 fully saturated rings. The maximum absolute atomic E-state index is 13.9. The second-order valence-corrected chi connectivity index (χ2v) is 5.69. The summed E-state index contributed by atoms with van der Waals surface area (Å²) in [5.41, 5.74) is 0.732. The molecule has 1 heterocycles. The van der Waals surface area contributed by atoms with Crippen molar-refractivity contribution in [3.63, 3.8) is 0 Å². The molecule has 6 nitrogen and oxygen atoms in total. The molecule has 0 radical (unpaired) electrons. The number of aromatic nitrogens is 2. The highest BCUT2D eigenvalue weighted by Gasteiger charge is 2.21. The van der Waals surface area contributed by atoms with Crippen molar-refractivity contribution in [2.24, 2.45) is 0 Å². The molecule has 0 aliphatic heterocycles. The molecule has 0 aliphatic rings. The molecule has 1 aromatic heterocycles. The number of amides is 1. The zero-order valence-electron chi connectivity index (χ0n) is 14.8. The minimum atomic E-state index is -0.582. The van der Waals surface area contributed by atoms with E-state index < -0.39 is 11.7 Å². The van der Waals surface area contributed by atoms with Crippen molar-refractivity contribution >= 4 is 5.91 Å². The SMILES string of the molecule is C=CCN(Cc1nc(-c2ccc(OC)cc2)no1)C(=O)c1ccccc1F. The number of hydrogen-bond acceptors (Lipinski definition) is 5. The van der Waals surface area contributed by atoms with Crippen LogP contribution < -0.4 is 4.74 Å². The van der Waals surface area contributed by atoms with Crippen LogP contribution in [0.25, 0.3) is 11.4 Å². The van der Waals surface area contributed by atoms with Crippen LogP contribution in [0.3, 0.4) is 0 Å². The molecule has 3 aromatic rings. The van der Waals surface area contributed by atoms with E-state index in [-0.39, 0.29) is 24.5 Å². The third-order valence-corrected chi connectivity index (χ3v) is 3.88. The lowest BCUT2D eigenvalue weighted by Crippen LogP contribution is -2.31. The first-order chi connectivity index (χ1) is 13.1. The summed E-state index contributed by atoms with van der Waals surface area (Å²) in [4.78, 5) is 18.3. The largest absolute Gasteiger partial charge is 0.497 e. The van der Waals surface area contributed by atoms with Gasteiger partial charge in [-0.15, -0.1) is 6.58 Å². The Hall–Kier alpha value is -3.48. The highest BCUT2D eigenvalue weighted by atomic mass is 19.1. The summed E-state index contributed by atoms with van der Waals surface area (Å²) in [7, 11) is 1.59. The third-order valence-electron chi connectivity index (χ3n) is 3.88. The topological polar surface area (TPSA) is 68.5 Å². The quantitative estimate of drug-likeness (QED) is 0.596. The van der Waals surface area contributed by atoms with Crippen molar-refractivity contribution in [3.8, 4) is 17.1 Å². The third kappa shape index (κ3) is 4.20. The van der Waals surface area contributed by atoms with Crippen molar-refractivity contribution in [3.05, 3.63) is 78.5 Å². The minimum Gasteiger partial charge on any atom is -0.497 e. The Morgan fingerprint density at radius 3 is 2.67 bits per heavy atom. The molecule has 0 N–H and O–H groups in total. The van der Waals surface area contributed by atoms with Gasteiger partial charge in [0.25, 0.3) is 5.91 Å². The van der Waals surface area contributed by atoms with Crippen molar-refractivity contribution in [1.82, 2.24) is 15.0 Å². The van der Waals surface area contributed by atoms with Crippen molar-refractivity contribution in [2.75, 3.05) is 13.7 Å². The second-order valence-electron chi connectivity index (χ2n) is 5.69. The van der Waals surface area contributed by atoms with Crippen LogP contribution in [0.5, 0.6) is 5.75 Å². The molecule has 0 aliphatic carbocycles. The van der Waals surface area contributed by atoms with E-state index in [0.29, 0.717) is 5.82 Å². The van der Waals surface area contributed by atoms with Crippen LogP contribution in [0.4, 0.5) is 4.39 Å². The van der Waals surface area contributed by atoms with E-state index in [2.05, 4.69) is 16.7 Å². The predicted octanol–water partition coefficient (Wildman–Crippen LogP) is 3.71. The second kappa shape index (κ2) is 8.27. The highest BCUT2D eigenvalue weighted by molar-refractivity contribution is 5.94. The van der Waals surface area contributed by atoms with Gasteiger partial charge in [-0.1, -0.05) is 23.4 Å². The van der Waals surface area contributed by atoms with Gasteiger partial charge in [-0.3, -0.25) is 4.79 Å². The summed E-state index contributed by atoms with van der Waals surface area (Å²) in [5.74, 6) is 0.297. The van der Waals surface area contributed by atoms with E-state index in [1.54, 1.807) is 43.5 Å². The van der Waals surface area contributed by atoms with Crippen LogP contribution in [-0.4, -0.2) is 34.6 Å². The smallest absolute Gasteiger partial charge is 0.257 e. The summed E-state index contributed by atoms with van der Waals surface area (Å²) in [5, 5.41) is 3.94. The molecule has 0 unspecified atom stereocenters. The van der Waals surface area contributed by atoms with Crippen molar-refractivity contribution in [2.45, 2.75) is 6.54 Å². The molecular formula is C20H18FN3O3. The molecule has 2 aromatic carbocycles. The van der Waals surface area contributed by atoms with E-state index in [1.807, 2.05) is 0 Å². The van der Waals surface area contributed by atoms with Crippen molar-refractivity contribution in [1.29, 1.82) is 0 Å². The van der Waals surface area contributed by atoms with Crippen LogP contribution in [0.15, 0.2) is 65.7 Å². The number of carbonyl (C=O) groups is 1. The molecule has 0 saturated carbocycles. The molecule has 1 amide bonds. The average molecular weight is 367 g/mol. The van der Waals surface area contributed by atoms with Gasteiger partial charge in [0, 0.05) is 12.1 Å². The molecule has 7 heteroatoms. The zero-order valence-corrected chi connectivity index (χ0v) is 14.8. The summed E-state index contributed by atoms with van der Waals surface area (Å²) in [6, 6.07) is 13.0. The lowest BCUT2D eigenvalue weighted by atomic mass is 10.2. The standard InChI is InChI=1S/C20H18FN3O3/c1-3-12-24(20(25)16-6-4-5-7-17(16)21)13-18-22-19(23-27-18)14-8-10-15(26-2)11-9-14/h3-11H,1,12-13H2,2H3. The van der Waals surface area contributed by atoms with Gasteiger partial charge in [0.05, 0.1) is 12.7 Å². The molecule has 27 heavy (non-hydrogen) atoms. The average Bonchev–Trinajstić information content (AvgIpc) is 3.16. The molecule has 0 saturated heterocycles. The number of halogens is 1. The van der Waals surface area contributed by atoms with Crippen LogP contribution in [0.2, 0.25) is 0 Å². The Kier molecular flexibility index (Phi) is 5.61. The van der Waals surface area contributed by atoms with Gasteiger partial charge in [-0.25, -0.2) is 4.39 Å². The maximum Gasteiger partial charge on any atom is 0.257 e. The Bertz CT molecular complexity index is 938. The normalized spacial score (nSPS) is 10.4. The minimum absolute atomic E-state index is 0.0192.